The fourth-order valence-corrected chi connectivity index (χ4v) is 5.67. The summed E-state index contributed by atoms with van der Waals surface area (Å²) in [7, 11) is -4.64. The summed E-state index contributed by atoms with van der Waals surface area (Å²) in [5, 5.41) is 18.3. The summed E-state index contributed by atoms with van der Waals surface area (Å²) in [5.74, 6) is -1.04. The standard InChI is InChI=1S/C44H73O10P/c1-3-5-7-9-11-13-15-17-19-20-22-24-26-28-30-32-34-36-44(48)54-42(40-53-55(49,50)52-38-41(46)37-45)39-51-43(47)35-33-31-29-27-25-23-21-18-16-14-12-10-8-6-4-2/h6,8,12,14,17-19,21-22,24-25,27-28,30,41-42,45-46H,3-5,7,9-11,13,15-16,20,23,26,29,31-40H2,1-2H3,(H,49,50)/b8-6+,14-12+,19-17+,21-18+,24-22+,27-25+,30-28+/t41-,42+/m0/s1. The minimum atomic E-state index is -4.64. The molecule has 3 N–H and O–H groups in total. The lowest BCUT2D eigenvalue weighted by Gasteiger charge is -2.20. The Morgan fingerprint density at radius 1 is 0.564 bits per heavy atom. The van der Waals surface area contributed by atoms with Gasteiger partial charge < -0.3 is 24.6 Å². The number of hydrogen-bond donors (Lipinski definition) is 3. The number of phosphoric acid groups is 1. The monoisotopic (exact) mass is 792 g/mol. The second-order valence-corrected chi connectivity index (χ2v) is 14.7. The molecule has 0 fully saturated rings. The molecule has 0 aromatic carbocycles. The molecule has 10 nitrogen and oxygen atoms in total. The number of phosphoric ester groups is 1. The van der Waals surface area contributed by atoms with Gasteiger partial charge in [0.15, 0.2) is 6.10 Å². The molecule has 0 aliphatic carbocycles. The molecular formula is C44H73O10P. The minimum Gasteiger partial charge on any atom is -0.462 e. The number of aliphatic hydroxyl groups is 2. The van der Waals surface area contributed by atoms with Crippen LogP contribution < -0.4 is 0 Å². The average Bonchev–Trinajstić information content (AvgIpc) is 3.17. The Hall–Kier alpha value is -2.85. The molecule has 3 atom stereocenters. The molecule has 0 aromatic heterocycles. The highest BCUT2D eigenvalue weighted by Gasteiger charge is 2.27. The van der Waals surface area contributed by atoms with Gasteiger partial charge in [0.1, 0.15) is 12.7 Å². The van der Waals surface area contributed by atoms with Gasteiger partial charge in [-0.2, -0.15) is 0 Å². The van der Waals surface area contributed by atoms with Crippen LogP contribution in [0.25, 0.3) is 0 Å². The second kappa shape index (κ2) is 39.4. The topological polar surface area (TPSA) is 149 Å². The van der Waals surface area contributed by atoms with E-state index in [1.165, 1.54) is 38.5 Å². The third kappa shape index (κ3) is 39.2. The third-order valence-electron chi connectivity index (χ3n) is 8.03. The highest BCUT2D eigenvalue weighted by Crippen LogP contribution is 2.43. The molecule has 0 saturated carbocycles. The molecule has 0 aromatic rings. The van der Waals surface area contributed by atoms with E-state index in [0.717, 1.165) is 57.8 Å². The molecule has 0 amide bonds. The third-order valence-corrected chi connectivity index (χ3v) is 8.98. The van der Waals surface area contributed by atoms with Gasteiger partial charge in [-0.1, -0.05) is 131 Å². The van der Waals surface area contributed by atoms with Crippen LogP contribution in [-0.2, 0) is 32.7 Å². The van der Waals surface area contributed by atoms with Crippen LogP contribution in [0.4, 0.5) is 0 Å². The summed E-state index contributed by atoms with van der Waals surface area (Å²) in [5.41, 5.74) is 0. The van der Waals surface area contributed by atoms with Crippen molar-refractivity contribution in [3.63, 3.8) is 0 Å². The molecule has 314 valence electrons. The zero-order valence-corrected chi connectivity index (χ0v) is 34.7. The molecule has 0 radical (unpaired) electrons. The van der Waals surface area contributed by atoms with Gasteiger partial charge in [-0.3, -0.25) is 18.6 Å². The van der Waals surface area contributed by atoms with Crippen molar-refractivity contribution >= 4 is 19.8 Å². The second-order valence-electron chi connectivity index (χ2n) is 13.3. The number of esters is 2. The van der Waals surface area contributed by atoms with Crippen molar-refractivity contribution in [1.82, 2.24) is 0 Å². The Bertz CT molecular complexity index is 1190. The first-order valence-electron chi connectivity index (χ1n) is 20.5. The molecule has 0 spiro atoms. The number of rotatable bonds is 37. The highest BCUT2D eigenvalue weighted by atomic mass is 31.2. The molecule has 0 aliphatic heterocycles. The largest absolute Gasteiger partial charge is 0.472 e. The van der Waals surface area contributed by atoms with Gasteiger partial charge in [-0.15, -0.1) is 0 Å². The Labute approximate surface area is 332 Å². The number of allylic oxidation sites excluding steroid dienone is 14. The van der Waals surface area contributed by atoms with Gasteiger partial charge in [-0.05, 0) is 83.5 Å². The molecule has 11 heteroatoms. The van der Waals surface area contributed by atoms with Gasteiger partial charge in [0, 0.05) is 12.8 Å². The summed E-state index contributed by atoms with van der Waals surface area (Å²) in [6, 6.07) is 0. The van der Waals surface area contributed by atoms with Gasteiger partial charge in [-0.25, -0.2) is 4.57 Å². The lowest BCUT2D eigenvalue weighted by Crippen LogP contribution is -2.29. The molecule has 0 saturated heterocycles. The number of hydrogen-bond acceptors (Lipinski definition) is 9. The number of aliphatic hydroxyl groups excluding tert-OH is 2. The number of ether oxygens (including phenoxy) is 2. The summed E-state index contributed by atoms with van der Waals surface area (Å²) >= 11 is 0. The van der Waals surface area contributed by atoms with Crippen LogP contribution in [0.2, 0.25) is 0 Å². The molecule has 1 unspecified atom stereocenters. The lowest BCUT2D eigenvalue weighted by atomic mass is 10.1. The van der Waals surface area contributed by atoms with E-state index < -0.39 is 51.8 Å². The highest BCUT2D eigenvalue weighted by molar-refractivity contribution is 7.47. The first-order valence-corrected chi connectivity index (χ1v) is 22.0. The predicted molar refractivity (Wildman–Crippen MR) is 223 cm³/mol. The van der Waals surface area contributed by atoms with E-state index in [-0.39, 0.29) is 19.4 Å². The smallest absolute Gasteiger partial charge is 0.462 e. The molecule has 55 heavy (non-hydrogen) atoms. The summed E-state index contributed by atoms with van der Waals surface area (Å²) in [6.45, 7) is 2.12. The van der Waals surface area contributed by atoms with Crippen molar-refractivity contribution in [3.05, 3.63) is 85.1 Å². The quantitative estimate of drug-likeness (QED) is 0.0240. The van der Waals surface area contributed by atoms with Crippen molar-refractivity contribution in [3.8, 4) is 0 Å². The van der Waals surface area contributed by atoms with Crippen LogP contribution in [-0.4, -0.2) is 65.7 Å². The SMILES string of the molecule is CC/C=C/C/C=C/C/C=C/C/C=C/CCCCC(=O)OC[C@H](COP(=O)(O)OC[C@@H](O)CO)OC(=O)CCC/C=C/C/C=C/C/C=C/CCCCCCCC. The van der Waals surface area contributed by atoms with Crippen LogP contribution in [0.1, 0.15) is 142 Å². The van der Waals surface area contributed by atoms with Gasteiger partial charge in [0.25, 0.3) is 0 Å². The normalized spacial score (nSPS) is 14.8. The predicted octanol–water partition coefficient (Wildman–Crippen LogP) is 10.7. The fourth-order valence-electron chi connectivity index (χ4n) is 4.88. The number of unbranched alkanes of at least 4 members (excludes halogenated alkanes) is 9. The Morgan fingerprint density at radius 3 is 1.56 bits per heavy atom. The van der Waals surface area contributed by atoms with Gasteiger partial charge in [0.05, 0.1) is 19.8 Å². The van der Waals surface area contributed by atoms with E-state index >= 15 is 0 Å². The average molecular weight is 793 g/mol. The lowest BCUT2D eigenvalue weighted by molar-refractivity contribution is -0.161. The Balaban J connectivity index is 4.51. The minimum absolute atomic E-state index is 0.0985. The Kier molecular flexibility index (Phi) is 37.3. The van der Waals surface area contributed by atoms with E-state index in [4.69, 9.17) is 19.1 Å². The first-order chi connectivity index (χ1) is 26.7. The summed E-state index contributed by atoms with van der Waals surface area (Å²) in [6.07, 6.45) is 45.6. The zero-order valence-electron chi connectivity index (χ0n) is 33.9. The van der Waals surface area contributed by atoms with Crippen molar-refractivity contribution in [2.24, 2.45) is 0 Å². The Morgan fingerprint density at radius 2 is 1.02 bits per heavy atom. The molecule has 0 aliphatic rings. The van der Waals surface area contributed by atoms with E-state index in [2.05, 4.69) is 91.3 Å². The van der Waals surface area contributed by atoms with Crippen molar-refractivity contribution in [2.45, 2.75) is 154 Å². The molecule has 0 bridgehead atoms. The van der Waals surface area contributed by atoms with Gasteiger partial charge >= 0.3 is 19.8 Å². The maximum atomic E-state index is 12.6. The van der Waals surface area contributed by atoms with Crippen LogP contribution in [0.3, 0.4) is 0 Å². The molecule has 0 rings (SSSR count). The zero-order chi connectivity index (χ0) is 40.5. The maximum Gasteiger partial charge on any atom is 0.472 e. The molecule has 0 heterocycles. The van der Waals surface area contributed by atoms with Crippen molar-refractivity contribution < 1.29 is 47.8 Å². The van der Waals surface area contributed by atoms with Gasteiger partial charge in [0.2, 0.25) is 0 Å². The van der Waals surface area contributed by atoms with Crippen LogP contribution in [0.15, 0.2) is 85.1 Å². The number of carbonyl (C=O) groups is 2. The van der Waals surface area contributed by atoms with E-state index in [1.54, 1.807) is 0 Å². The van der Waals surface area contributed by atoms with E-state index in [0.29, 0.717) is 19.3 Å². The van der Waals surface area contributed by atoms with Crippen LogP contribution >= 0.6 is 7.82 Å². The fraction of sp³-hybridized carbons (Fsp3) is 0.636. The van der Waals surface area contributed by atoms with E-state index in [1.807, 2.05) is 12.2 Å². The first kappa shape index (κ1) is 52.2. The maximum absolute atomic E-state index is 12.6. The molecular weight excluding hydrogens is 719 g/mol. The van der Waals surface area contributed by atoms with Crippen molar-refractivity contribution in [1.29, 1.82) is 0 Å². The van der Waals surface area contributed by atoms with Crippen LogP contribution in [0.5, 0.6) is 0 Å². The summed E-state index contributed by atoms with van der Waals surface area (Å²) in [4.78, 5) is 34.9. The van der Waals surface area contributed by atoms with Crippen LogP contribution in [0, 0.1) is 0 Å². The summed E-state index contributed by atoms with van der Waals surface area (Å²) < 4.78 is 32.5. The number of carbonyl (C=O) groups excluding carboxylic acids is 2. The van der Waals surface area contributed by atoms with Crippen molar-refractivity contribution in [2.75, 3.05) is 26.4 Å². The van der Waals surface area contributed by atoms with E-state index in [9.17, 15) is 24.2 Å².